The fraction of sp³-hybridized carbons (Fsp3) is 0.0312. The molecule has 1 atom stereocenters. The van der Waals surface area contributed by atoms with Crippen molar-refractivity contribution in [2.45, 2.75) is 5.66 Å². The Morgan fingerprint density at radius 1 is 0.718 bits per heavy atom. The van der Waals surface area contributed by atoms with Gasteiger partial charge in [-0.1, -0.05) is 34.9 Å². The van der Waals surface area contributed by atoms with Crippen LogP contribution >= 0.6 is 0 Å². The van der Waals surface area contributed by atoms with Crippen LogP contribution < -0.4 is 18.7 Å². The second kappa shape index (κ2) is 6.52. The van der Waals surface area contributed by atoms with E-state index >= 15 is 0 Å². The first-order valence-corrected chi connectivity index (χ1v) is 12.9. The van der Waals surface area contributed by atoms with Crippen LogP contribution in [0.1, 0.15) is 11.1 Å². The number of benzene rings is 3. The van der Waals surface area contributed by atoms with Crippen molar-refractivity contribution in [1.29, 1.82) is 0 Å². The highest BCUT2D eigenvalue weighted by molar-refractivity contribution is 6.03. The molecule has 39 heavy (non-hydrogen) atoms. The smallest absolute Gasteiger partial charge is 0.452 e. The van der Waals surface area contributed by atoms with Gasteiger partial charge in [-0.25, -0.2) is 4.98 Å². The van der Waals surface area contributed by atoms with Crippen LogP contribution in [-0.2, 0) is 5.66 Å². The number of rotatable bonds is 1. The Balaban J connectivity index is 1.29. The maximum absolute atomic E-state index is 6.47. The Labute approximate surface area is 221 Å². The fourth-order valence-corrected chi connectivity index (χ4v) is 6.64. The van der Waals surface area contributed by atoms with Crippen LogP contribution in [0.4, 0.5) is 0 Å². The second-order valence-electron chi connectivity index (χ2n) is 10.1. The van der Waals surface area contributed by atoms with Gasteiger partial charge in [-0.3, -0.25) is 0 Å². The maximum Gasteiger partial charge on any atom is 0.452 e. The molecule has 7 nitrogen and oxygen atoms in total. The standard InChI is InChI=1S/C32H18N4O3/c1-2-9-24-20(7-1)21-14-15-22(33-31(21)39-24)19-17-35-23-8-5-10-25-29(23)32(36(35)18-19)30-26(37-25)11-6-12-27(30)38-28-13-3-4-16-34(28)32/h1-18H/q+2. The average molecular weight is 507 g/mol. The third kappa shape index (κ3) is 2.20. The summed E-state index contributed by atoms with van der Waals surface area (Å²) in [6.07, 6.45) is 6.39. The molecular formula is C32H18N4O3+2. The van der Waals surface area contributed by atoms with Crippen molar-refractivity contribution in [1.82, 2.24) is 9.67 Å². The van der Waals surface area contributed by atoms with Crippen molar-refractivity contribution in [3.8, 4) is 40.1 Å². The van der Waals surface area contributed by atoms with E-state index in [1.54, 1.807) is 0 Å². The number of ether oxygens (including phenoxy) is 2. The van der Waals surface area contributed by atoms with E-state index in [1.807, 2.05) is 66.7 Å². The molecule has 0 fully saturated rings. The molecule has 7 heterocycles. The Kier molecular flexibility index (Phi) is 3.28. The Hall–Kier alpha value is -5.43. The molecule has 0 bridgehead atoms. The lowest BCUT2D eigenvalue weighted by Crippen LogP contribution is -2.75. The van der Waals surface area contributed by atoms with Gasteiger partial charge in [-0.15, -0.1) is 4.68 Å². The van der Waals surface area contributed by atoms with Crippen LogP contribution in [0, 0.1) is 0 Å². The monoisotopic (exact) mass is 506 g/mol. The SMILES string of the molecule is c1cc2c3c(c1)Oc1cccc[n+]1C31c3c(cccc3-n3cc(-c4ccc5c(n4)oc4ccccc45)c[n+]31)O2. The zero-order chi connectivity index (χ0) is 25.3. The van der Waals surface area contributed by atoms with Gasteiger partial charge in [-0.05, 0) is 53.2 Å². The van der Waals surface area contributed by atoms with Crippen molar-refractivity contribution in [2.24, 2.45) is 0 Å². The molecular weight excluding hydrogens is 488 g/mol. The van der Waals surface area contributed by atoms with E-state index in [2.05, 4.69) is 56.8 Å². The third-order valence-corrected chi connectivity index (χ3v) is 8.17. The van der Waals surface area contributed by atoms with E-state index in [9.17, 15) is 0 Å². The van der Waals surface area contributed by atoms with Gasteiger partial charge in [0.15, 0.2) is 23.1 Å². The minimum absolute atomic E-state index is 0.635. The predicted octanol–water partition coefficient (Wildman–Crippen LogP) is 5.84. The topological polar surface area (TPSA) is 57.2 Å². The molecule has 1 spiro atoms. The minimum atomic E-state index is -0.730. The molecule has 0 saturated carbocycles. The van der Waals surface area contributed by atoms with E-state index < -0.39 is 5.66 Å². The van der Waals surface area contributed by atoms with Crippen LogP contribution in [0.25, 0.3) is 39.0 Å². The third-order valence-electron chi connectivity index (χ3n) is 8.17. The zero-order valence-electron chi connectivity index (χ0n) is 20.4. The molecule has 7 aromatic rings. The van der Waals surface area contributed by atoms with Gasteiger partial charge in [0.25, 0.3) is 0 Å². The molecule has 0 aliphatic carbocycles. The quantitative estimate of drug-likeness (QED) is 0.263. The molecule has 182 valence electrons. The number of fused-ring (bicyclic) bond motifs is 6. The number of aromatic nitrogens is 4. The lowest BCUT2D eigenvalue weighted by molar-refractivity contribution is -0.997. The van der Waals surface area contributed by atoms with Crippen molar-refractivity contribution in [2.75, 3.05) is 0 Å². The summed E-state index contributed by atoms with van der Waals surface area (Å²) >= 11 is 0. The van der Waals surface area contributed by atoms with Crippen molar-refractivity contribution >= 4 is 22.1 Å². The number of furan rings is 1. The summed E-state index contributed by atoms with van der Waals surface area (Å²) in [5, 5.41) is 2.08. The van der Waals surface area contributed by atoms with Gasteiger partial charge < -0.3 is 13.9 Å². The molecule has 0 saturated heterocycles. The fourth-order valence-electron chi connectivity index (χ4n) is 6.64. The molecule has 0 amide bonds. The second-order valence-corrected chi connectivity index (χ2v) is 10.1. The largest absolute Gasteiger partial charge is 0.455 e. The van der Waals surface area contributed by atoms with Crippen LogP contribution in [0.5, 0.6) is 23.1 Å². The number of hydrogen-bond donors (Lipinski definition) is 0. The van der Waals surface area contributed by atoms with Gasteiger partial charge in [0.05, 0.1) is 23.5 Å². The summed E-state index contributed by atoms with van der Waals surface area (Å²) in [7, 11) is 0. The predicted molar refractivity (Wildman–Crippen MR) is 141 cm³/mol. The first-order chi connectivity index (χ1) is 19.3. The summed E-state index contributed by atoms with van der Waals surface area (Å²) in [6, 6.07) is 30.5. The van der Waals surface area contributed by atoms with Gasteiger partial charge in [0.1, 0.15) is 22.8 Å². The lowest BCUT2D eigenvalue weighted by atomic mass is 9.85. The van der Waals surface area contributed by atoms with Crippen molar-refractivity contribution in [3.05, 3.63) is 121 Å². The molecule has 4 aromatic heterocycles. The molecule has 3 aliphatic heterocycles. The van der Waals surface area contributed by atoms with Gasteiger partial charge >= 0.3 is 11.5 Å². The van der Waals surface area contributed by atoms with Crippen molar-refractivity contribution in [3.63, 3.8) is 0 Å². The Morgan fingerprint density at radius 2 is 1.54 bits per heavy atom. The van der Waals surface area contributed by atoms with E-state index in [4.69, 9.17) is 18.9 Å². The van der Waals surface area contributed by atoms with E-state index in [-0.39, 0.29) is 0 Å². The summed E-state index contributed by atoms with van der Waals surface area (Å²) < 4.78 is 25.7. The molecule has 7 heteroatoms. The Morgan fingerprint density at radius 3 is 2.49 bits per heavy atom. The van der Waals surface area contributed by atoms with Gasteiger partial charge in [0, 0.05) is 16.8 Å². The normalized spacial score (nSPS) is 17.2. The molecule has 10 rings (SSSR count). The highest BCUT2D eigenvalue weighted by atomic mass is 16.5. The van der Waals surface area contributed by atoms with Gasteiger partial charge in [-0.2, -0.15) is 0 Å². The average Bonchev–Trinajstić information content (AvgIpc) is 3.65. The lowest BCUT2D eigenvalue weighted by Gasteiger charge is -2.31. The molecule has 3 aliphatic rings. The summed E-state index contributed by atoms with van der Waals surface area (Å²) in [6.45, 7) is 0. The summed E-state index contributed by atoms with van der Waals surface area (Å²) in [4.78, 5) is 4.95. The van der Waals surface area contributed by atoms with Crippen LogP contribution in [0.15, 0.2) is 114 Å². The van der Waals surface area contributed by atoms with Crippen LogP contribution in [0.3, 0.4) is 0 Å². The molecule has 0 radical (unpaired) electrons. The van der Waals surface area contributed by atoms with E-state index in [0.717, 1.165) is 67.6 Å². The zero-order valence-corrected chi connectivity index (χ0v) is 20.4. The van der Waals surface area contributed by atoms with Crippen LogP contribution in [0.2, 0.25) is 0 Å². The highest BCUT2D eigenvalue weighted by Gasteiger charge is 2.71. The Bertz CT molecular complexity index is 2200. The first-order valence-electron chi connectivity index (χ1n) is 12.9. The molecule has 1 unspecified atom stereocenters. The minimum Gasteiger partial charge on any atom is -0.455 e. The van der Waals surface area contributed by atoms with Crippen molar-refractivity contribution < 1.29 is 23.1 Å². The van der Waals surface area contributed by atoms with Crippen LogP contribution in [-0.4, -0.2) is 9.67 Å². The molecule has 3 aromatic carbocycles. The number of para-hydroxylation sites is 1. The maximum atomic E-state index is 6.47. The summed E-state index contributed by atoms with van der Waals surface area (Å²) in [5.74, 6) is 3.16. The van der Waals surface area contributed by atoms with E-state index in [1.165, 1.54) is 0 Å². The number of hydrogen-bond acceptors (Lipinski definition) is 4. The highest BCUT2D eigenvalue weighted by Crippen LogP contribution is 2.55. The number of nitrogens with zero attached hydrogens (tertiary/aromatic N) is 4. The van der Waals surface area contributed by atoms with Gasteiger partial charge in [0.2, 0.25) is 11.9 Å². The molecule has 0 N–H and O–H groups in total. The number of pyridine rings is 2. The first kappa shape index (κ1) is 19.7. The summed E-state index contributed by atoms with van der Waals surface area (Å²) in [5.41, 5.74) is 5.68. The van der Waals surface area contributed by atoms with E-state index in [0.29, 0.717) is 5.71 Å².